The van der Waals surface area contributed by atoms with E-state index < -0.39 is 6.10 Å². The Morgan fingerprint density at radius 3 is 2.19 bits per heavy atom. The van der Waals surface area contributed by atoms with Gasteiger partial charge in [0.15, 0.2) is 0 Å². The molecule has 0 aliphatic heterocycles. The van der Waals surface area contributed by atoms with Gasteiger partial charge in [0, 0.05) is 11.6 Å². The first-order valence-corrected chi connectivity index (χ1v) is 5.94. The van der Waals surface area contributed by atoms with Crippen molar-refractivity contribution in [3.05, 3.63) is 35.9 Å². The largest absolute Gasteiger partial charge is 0.387 e. The Bertz CT molecular complexity index is 302. The van der Waals surface area contributed by atoms with Crippen LogP contribution >= 0.6 is 0 Å². The quantitative estimate of drug-likeness (QED) is 0.819. The van der Waals surface area contributed by atoms with Crippen LogP contribution in [0, 0.1) is 0 Å². The van der Waals surface area contributed by atoms with Gasteiger partial charge in [-0.25, -0.2) is 0 Å². The minimum atomic E-state index is -0.439. The number of aliphatic hydroxyl groups is 1. The zero-order valence-electron chi connectivity index (χ0n) is 10.7. The maximum Gasteiger partial charge on any atom is 0.0943 e. The molecule has 0 heterocycles. The molecule has 0 aromatic heterocycles. The van der Waals surface area contributed by atoms with E-state index in [1.165, 1.54) is 0 Å². The minimum absolute atomic E-state index is 0.0242. The van der Waals surface area contributed by atoms with Crippen LogP contribution in [0.2, 0.25) is 0 Å². The maximum absolute atomic E-state index is 10.3. The first kappa shape index (κ1) is 13.2. The second-order valence-electron chi connectivity index (χ2n) is 5.26. The summed E-state index contributed by atoms with van der Waals surface area (Å²) < 4.78 is 0. The predicted octanol–water partition coefficient (Wildman–Crippen LogP) is 2.89. The van der Waals surface area contributed by atoms with Gasteiger partial charge < -0.3 is 10.4 Å². The van der Waals surface area contributed by atoms with Crippen molar-refractivity contribution >= 4 is 0 Å². The normalized spacial score (nSPS) is 15.8. The highest BCUT2D eigenvalue weighted by molar-refractivity contribution is 5.18. The molecule has 0 radical (unpaired) electrons. The summed E-state index contributed by atoms with van der Waals surface area (Å²) >= 11 is 0. The van der Waals surface area contributed by atoms with E-state index in [-0.39, 0.29) is 11.6 Å². The van der Waals surface area contributed by atoms with Crippen molar-refractivity contribution in [1.82, 2.24) is 5.32 Å². The smallest absolute Gasteiger partial charge is 0.0943 e. The molecular weight excluding hydrogens is 198 g/mol. The fraction of sp³-hybridized carbons (Fsp3) is 0.571. The molecule has 2 atom stereocenters. The van der Waals surface area contributed by atoms with Gasteiger partial charge in [-0.05, 0) is 32.8 Å². The van der Waals surface area contributed by atoms with Crippen LogP contribution in [0.15, 0.2) is 30.3 Å². The highest BCUT2D eigenvalue weighted by Crippen LogP contribution is 2.20. The summed E-state index contributed by atoms with van der Waals surface area (Å²) in [6.45, 7) is 8.45. The standard InChI is InChI=1S/C14H23NO/c1-5-12(15-14(2,3)4)13(16)11-9-7-6-8-10-11/h6-10,12-13,15-16H,5H2,1-4H3. The SMILES string of the molecule is CCC(NC(C)(C)C)C(O)c1ccccc1. The second kappa shape index (κ2) is 5.46. The Morgan fingerprint density at radius 1 is 1.19 bits per heavy atom. The molecule has 2 heteroatoms. The van der Waals surface area contributed by atoms with E-state index in [1.807, 2.05) is 30.3 Å². The molecule has 0 amide bonds. The Morgan fingerprint density at radius 2 is 1.75 bits per heavy atom. The Hall–Kier alpha value is -0.860. The van der Waals surface area contributed by atoms with Crippen LogP contribution in [0.4, 0.5) is 0 Å². The highest BCUT2D eigenvalue weighted by Gasteiger charge is 2.23. The van der Waals surface area contributed by atoms with E-state index >= 15 is 0 Å². The van der Waals surface area contributed by atoms with Crippen LogP contribution in [-0.2, 0) is 0 Å². The molecule has 0 fully saturated rings. The predicted molar refractivity (Wildman–Crippen MR) is 68.4 cm³/mol. The van der Waals surface area contributed by atoms with Crippen LogP contribution in [0.1, 0.15) is 45.8 Å². The van der Waals surface area contributed by atoms with Gasteiger partial charge in [-0.1, -0.05) is 37.3 Å². The number of nitrogens with one attached hydrogen (secondary N) is 1. The number of aliphatic hydroxyl groups excluding tert-OH is 1. The van der Waals surface area contributed by atoms with Gasteiger partial charge in [-0.2, -0.15) is 0 Å². The van der Waals surface area contributed by atoms with E-state index in [1.54, 1.807) is 0 Å². The maximum atomic E-state index is 10.3. The van der Waals surface area contributed by atoms with E-state index in [2.05, 4.69) is 33.0 Å². The summed E-state index contributed by atoms with van der Waals surface area (Å²) in [7, 11) is 0. The fourth-order valence-corrected chi connectivity index (χ4v) is 1.84. The molecule has 16 heavy (non-hydrogen) atoms. The van der Waals surface area contributed by atoms with Gasteiger partial charge in [-0.15, -0.1) is 0 Å². The second-order valence-corrected chi connectivity index (χ2v) is 5.26. The van der Waals surface area contributed by atoms with Gasteiger partial charge in [0.2, 0.25) is 0 Å². The number of rotatable bonds is 4. The third kappa shape index (κ3) is 3.95. The third-order valence-corrected chi connectivity index (χ3v) is 2.58. The summed E-state index contributed by atoms with van der Waals surface area (Å²) in [5.41, 5.74) is 1.00. The molecule has 0 aliphatic carbocycles. The molecule has 1 aromatic rings. The first-order valence-electron chi connectivity index (χ1n) is 5.94. The van der Waals surface area contributed by atoms with Crippen molar-refractivity contribution in [1.29, 1.82) is 0 Å². The topological polar surface area (TPSA) is 32.3 Å². The Balaban J connectivity index is 2.74. The molecule has 2 nitrogen and oxygen atoms in total. The lowest BCUT2D eigenvalue weighted by Crippen LogP contribution is -2.46. The van der Waals surface area contributed by atoms with Crippen LogP contribution in [-0.4, -0.2) is 16.7 Å². The summed E-state index contributed by atoms with van der Waals surface area (Å²) in [6, 6.07) is 9.93. The van der Waals surface area contributed by atoms with Gasteiger partial charge in [0.25, 0.3) is 0 Å². The van der Waals surface area contributed by atoms with Crippen molar-refractivity contribution in [2.75, 3.05) is 0 Å². The monoisotopic (exact) mass is 221 g/mol. The van der Waals surface area contributed by atoms with E-state index in [0.717, 1.165) is 12.0 Å². The Labute approximate surface area is 98.7 Å². The van der Waals surface area contributed by atoms with Gasteiger partial charge >= 0.3 is 0 Å². The minimum Gasteiger partial charge on any atom is -0.387 e. The molecule has 1 aromatic carbocycles. The van der Waals surface area contributed by atoms with E-state index in [9.17, 15) is 5.11 Å². The lowest BCUT2D eigenvalue weighted by Gasteiger charge is -2.31. The van der Waals surface area contributed by atoms with E-state index in [4.69, 9.17) is 0 Å². The molecule has 0 saturated carbocycles. The lowest BCUT2D eigenvalue weighted by atomic mass is 9.97. The van der Waals surface area contributed by atoms with E-state index in [0.29, 0.717) is 0 Å². The van der Waals surface area contributed by atoms with Gasteiger partial charge in [0.1, 0.15) is 0 Å². The molecule has 0 spiro atoms. The average Bonchev–Trinajstić information content (AvgIpc) is 2.25. The third-order valence-electron chi connectivity index (χ3n) is 2.58. The molecule has 0 saturated heterocycles. The van der Waals surface area contributed by atoms with Crippen LogP contribution in [0.25, 0.3) is 0 Å². The zero-order valence-corrected chi connectivity index (χ0v) is 10.7. The van der Waals surface area contributed by atoms with Gasteiger partial charge in [-0.3, -0.25) is 0 Å². The molecule has 90 valence electrons. The van der Waals surface area contributed by atoms with Crippen LogP contribution < -0.4 is 5.32 Å². The zero-order chi connectivity index (χ0) is 12.2. The first-order chi connectivity index (χ1) is 7.44. The molecule has 1 rings (SSSR count). The summed E-state index contributed by atoms with van der Waals surface area (Å²) in [5, 5.41) is 13.7. The molecule has 0 aliphatic rings. The molecule has 0 bridgehead atoms. The van der Waals surface area contributed by atoms with Gasteiger partial charge in [0.05, 0.1) is 6.10 Å². The van der Waals surface area contributed by atoms with Crippen molar-refractivity contribution in [2.45, 2.75) is 51.8 Å². The molecule has 2 N–H and O–H groups in total. The lowest BCUT2D eigenvalue weighted by molar-refractivity contribution is 0.111. The van der Waals surface area contributed by atoms with Crippen molar-refractivity contribution in [3.63, 3.8) is 0 Å². The van der Waals surface area contributed by atoms with Crippen molar-refractivity contribution in [3.8, 4) is 0 Å². The van der Waals surface area contributed by atoms with Crippen LogP contribution in [0.3, 0.4) is 0 Å². The van der Waals surface area contributed by atoms with Crippen molar-refractivity contribution < 1.29 is 5.11 Å². The summed E-state index contributed by atoms with van der Waals surface area (Å²) in [6.07, 6.45) is 0.471. The molecular formula is C14H23NO. The number of hydrogen-bond donors (Lipinski definition) is 2. The van der Waals surface area contributed by atoms with Crippen molar-refractivity contribution in [2.24, 2.45) is 0 Å². The summed E-state index contributed by atoms with van der Waals surface area (Å²) in [5.74, 6) is 0. The fourth-order valence-electron chi connectivity index (χ4n) is 1.84. The molecule has 2 unspecified atom stereocenters. The average molecular weight is 221 g/mol. The summed E-state index contributed by atoms with van der Waals surface area (Å²) in [4.78, 5) is 0. The number of benzene rings is 1. The Kier molecular flexibility index (Phi) is 4.51. The number of hydrogen-bond acceptors (Lipinski definition) is 2. The van der Waals surface area contributed by atoms with Crippen LogP contribution in [0.5, 0.6) is 0 Å². The highest BCUT2D eigenvalue weighted by atomic mass is 16.3.